The average Bonchev–Trinajstić information content (AvgIpc) is 2.68. The number of nitrogens with one attached hydrogen (secondary N) is 3. The van der Waals surface area contributed by atoms with Crippen LogP contribution in [0.4, 0.5) is 4.39 Å². The first kappa shape index (κ1) is 21.3. The van der Waals surface area contributed by atoms with Gasteiger partial charge in [-0.1, -0.05) is 18.2 Å². The summed E-state index contributed by atoms with van der Waals surface area (Å²) in [5.74, 6) is -1.34. The van der Waals surface area contributed by atoms with Gasteiger partial charge in [0.2, 0.25) is 15.9 Å². The molecule has 0 bridgehead atoms. The maximum Gasteiger partial charge on any atom is 0.279 e. The molecule has 2 aromatic carbocycles. The molecule has 0 aliphatic heterocycles. The van der Waals surface area contributed by atoms with Gasteiger partial charge in [0.1, 0.15) is 11.6 Å². The lowest BCUT2D eigenvalue weighted by Crippen LogP contribution is -2.47. The van der Waals surface area contributed by atoms with Gasteiger partial charge in [-0.2, -0.15) is 0 Å². The van der Waals surface area contributed by atoms with Gasteiger partial charge in [0.25, 0.3) is 5.91 Å². The third kappa shape index (κ3) is 6.63. The van der Waals surface area contributed by atoms with Gasteiger partial charge >= 0.3 is 0 Å². The van der Waals surface area contributed by atoms with Crippen molar-refractivity contribution in [3.63, 3.8) is 0 Å². The van der Waals surface area contributed by atoms with Crippen molar-refractivity contribution in [3.8, 4) is 5.75 Å². The molecule has 2 aromatic rings. The van der Waals surface area contributed by atoms with Crippen molar-refractivity contribution in [2.75, 3.05) is 6.54 Å². The molecule has 8 nitrogen and oxygen atoms in total. The number of amides is 2. The first-order valence-electron chi connectivity index (χ1n) is 8.33. The molecule has 0 heterocycles. The number of halogens is 1. The van der Waals surface area contributed by atoms with Crippen molar-refractivity contribution in [1.29, 1.82) is 0 Å². The molecular formula is C18H20FN3O5S. The summed E-state index contributed by atoms with van der Waals surface area (Å²) in [5, 5.41) is 0. The van der Waals surface area contributed by atoms with Crippen LogP contribution in [0.2, 0.25) is 0 Å². The Kier molecular flexibility index (Phi) is 7.47. The van der Waals surface area contributed by atoms with Crippen molar-refractivity contribution in [2.24, 2.45) is 0 Å². The molecule has 0 aliphatic rings. The molecule has 2 rings (SSSR count). The van der Waals surface area contributed by atoms with Crippen LogP contribution in [0.1, 0.15) is 13.3 Å². The van der Waals surface area contributed by atoms with Crippen LogP contribution >= 0.6 is 0 Å². The smallest absolute Gasteiger partial charge is 0.279 e. The van der Waals surface area contributed by atoms with E-state index in [0.717, 1.165) is 0 Å². The Bertz CT molecular complexity index is 905. The van der Waals surface area contributed by atoms with Crippen LogP contribution in [0.5, 0.6) is 5.75 Å². The second kappa shape index (κ2) is 9.81. The van der Waals surface area contributed by atoms with Crippen LogP contribution in [0.25, 0.3) is 0 Å². The summed E-state index contributed by atoms with van der Waals surface area (Å²) in [5.41, 5.74) is 4.35. The SMILES string of the molecule is CC(Oc1ccc(F)cc1)C(=O)NNC(=O)CCNS(=O)(=O)c1ccccc1. The molecule has 0 aliphatic carbocycles. The van der Waals surface area contributed by atoms with Crippen molar-refractivity contribution in [2.45, 2.75) is 24.3 Å². The van der Waals surface area contributed by atoms with Crippen LogP contribution in [-0.4, -0.2) is 32.9 Å². The fourth-order valence-corrected chi connectivity index (χ4v) is 3.10. The fourth-order valence-electron chi connectivity index (χ4n) is 2.05. The molecule has 0 fully saturated rings. The number of hydrogen-bond acceptors (Lipinski definition) is 5. The number of sulfonamides is 1. The Labute approximate surface area is 162 Å². The third-order valence-corrected chi connectivity index (χ3v) is 5.00. The average molecular weight is 409 g/mol. The lowest BCUT2D eigenvalue weighted by atomic mass is 10.3. The Hall–Kier alpha value is -2.98. The van der Waals surface area contributed by atoms with Gasteiger partial charge in [-0.05, 0) is 43.3 Å². The predicted octanol–water partition coefficient (Wildman–Crippen LogP) is 1.11. The van der Waals surface area contributed by atoms with Crippen LogP contribution in [0.15, 0.2) is 59.5 Å². The molecule has 0 aromatic heterocycles. The van der Waals surface area contributed by atoms with E-state index in [2.05, 4.69) is 15.6 Å². The van der Waals surface area contributed by atoms with E-state index in [0.29, 0.717) is 5.75 Å². The monoisotopic (exact) mass is 409 g/mol. The zero-order chi connectivity index (χ0) is 20.6. The van der Waals surface area contributed by atoms with Crippen molar-refractivity contribution >= 4 is 21.8 Å². The van der Waals surface area contributed by atoms with E-state index in [-0.39, 0.29) is 17.9 Å². The van der Waals surface area contributed by atoms with Gasteiger partial charge in [0, 0.05) is 13.0 Å². The maximum atomic E-state index is 12.8. The summed E-state index contributed by atoms with van der Waals surface area (Å²) in [6.45, 7) is 1.32. The highest BCUT2D eigenvalue weighted by molar-refractivity contribution is 7.89. The van der Waals surface area contributed by atoms with E-state index >= 15 is 0 Å². The van der Waals surface area contributed by atoms with Crippen molar-refractivity contribution in [1.82, 2.24) is 15.6 Å². The van der Waals surface area contributed by atoms with Crippen molar-refractivity contribution < 1.29 is 27.1 Å². The fraction of sp³-hybridized carbons (Fsp3) is 0.222. The molecule has 1 unspecified atom stereocenters. The van der Waals surface area contributed by atoms with E-state index in [1.807, 2.05) is 0 Å². The Morgan fingerprint density at radius 1 is 1.04 bits per heavy atom. The van der Waals surface area contributed by atoms with E-state index in [1.165, 1.54) is 43.3 Å². The van der Waals surface area contributed by atoms with Gasteiger partial charge in [-0.15, -0.1) is 0 Å². The van der Waals surface area contributed by atoms with E-state index < -0.39 is 33.8 Å². The van der Waals surface area contributed by atoms with Gasteiger partial charge in [-0.3, -0.25) is 20.4 Å². The number of hydrazine groups is 1. The van der Waals surface area contributed by atoms with Gasteiger partial charge in [-0.25, -0.2) is 17.5 Å². The molecule has 28 heavy (non-hydrogen) atoms. The quantitative estimate of drug-likeness (QED) is 0.565. The number of rotatable bonds is 8. The largest absolute Gasteiger partial charge is 0.481 e. The minimum atomic E-state index is -3.70. The van der Waals surface area contributed by atoms with Crippen LogP contribution in [-0.2, 0) is 19.6 Å². The number of hydrogen-bond donors (Lipinski definition) is 3. The van der Waals surface area contributed by atoms with Crippen LogP contribution in [0.3, 0.4) is 0 Å². The van der Waals surface area contributed by atoms with Gasteiger partial charge in [0.15, 0.2) is 6.10 Å². The molecule has 1 atom stereocenters. The first-order valence-corrected chi connectivity index (χ1v) is 9.82. The minimum Gasteiger partial charge on any atom is -0.481 e. The Morgan fingerprint density at radius 3 is 2.32 bits per heavy atom. The number of carbonyl (C=O) groups excluding carboxylic acids is 2. The molecule has 2 amide bonds. The highest BCUT2D eigenvalue weighted by atomic mass is 32.2. The number of benzene rings is 2. The lowest BCUT2D eigenvalue weighted by Gasteiger charge is -2.15. The topological polar surface area (TPSA) is 114 Å². The molecule has 0 saturated carbocycles. The number of ether oxygens (including phenoxy) is 1. The molecule has 3 N–H and O–H groups in total. The van der Waals surface area contributed by atoms with E-state index in [9.17, 15) is 22.4 Å². The molecule has 0 saturated heterocycles. The summed E-state index contributed by atoms with van der Waals surface area (Å²) in [4.78, 5) is 23.7. The zero-order valence-corrected chi connectivity index (χ0v) is 15.8. The Morgan fingerprint density at radius 2 is 1.68 bits per heavy atom. The summed E-state index contributed by atoms with van der Waals surface area (Å²) in [7, 11) is -3.70. The predicted molar refractivity (Wildman–Crippen MR) is 99.0 cm³/mol. The van der Waals surface area contributed by atoms with E-state index in [4.69, 9.17) is 4.74 Å². The van der Waals surface area contributed by atoms with Crippen LogP contribution in [0, 0.1) is 5.82 Å². The molecule has 0 spiro atoms. The highest BCUT2D eigenvalue weighted by Gasteiger charge is 2.16. The maximum absolute atomic E-state index is 12.8. The van der Waals surface area contributed by atoms with Crippen molar-refractivity contribution in [3.05, 3.63) is 60.4 Å². The normalized spacial score (nSPS) is 12.1. The molecule has 150 valence electrons. The second-order valence-corrected chi connectivity index (χ2v) is 7.48. The summed E-state index contributed by atoms with van der Waals surface area (Å²) in [6.07, 6.45) is -1.12. The summed E-state index contributed by atoms with van der Waals surface area (Å²) >= 11 is 0. The van der Waals surface area contributed by atoms with E-state index in [1.54, 1.807) is 18.2 Å². The van der Waals surface area contributed by atoms with Crippen LogP contribution < -0.4 is 20.3 Å². The third-order valence-electron chi connectivity index (χ3n) is 3.52. The minimum absolute atomic E-state index is 0.0930. The molecule has 10 heteroatoms. The first-order chi connectivity index (χ1) is 13.3. The zero-order valence-electron chi connectivity index (χ0n) is 15.0. The Balaban J connectivity index is 1.71. The highest BCUT2D eigenvalue weighted by Crippen LogP contribution is 2.12. The number of carbonyl (C=O) groups is 2. The lowest BCUT2D eigenvalue weighted by molar-refractivity contribution is -0.132. The second-order valence-electron chi connectivity index (χ2n) is 5.71. The summed E-state index contributed by atoms with van der Waals surface area (Å²) < 4.78 is 44.5. The standard InChI is InChI=1S/C18H20FN3O5S/c1-13(27-15-9-7-14(19)8-10-15)18(24)22-21-17(23)11-12-20-28(25,26)16-5-3-2-4-6-16/h2-10,13,20H,11-12H2,1H3,(H,21,23)(H,22,24). The molecule has 0 radical (unpaired) electrons. The molecular weight excluding hydrogens is 389 g/mol. The van der Waals surface area contributed by atoms with Gasteiger partial charge < -0.3 is 4.74 Å². The van der Waals surface area contributed by atoms with Gasteiger partial charge in [0.05, 0.1) is 4.90 Å². The summed E-state index contributed by atoms with van der Waals surface area (Å²) in [6, 6.07) is 12.9.